The molecule has 2 aromatic heterocycles. The Morgan fingerprint density at radius 2 is 1.84 bits per heavy atom. The molecule has 0 fully saturated rings. The molecule has 0 saturated heterocycles. The minimum absolute atomic E-state index is 0.147. The molecule has 6 nitrogen and oxygen atoms in total. The predicted molar refractivity (Wildman–Crippen MR) is 122 cm³/mol. The molecule has 0 bridgehead atoms. The van der Waals surface area contributed by atoms with Crippen molar-refractivity contribution in [3.05, 3.63) is 77.7 Å². The largest absolute Gasteiger partial charge is 0.467 e. The van der Waals surface area contributed by atoms with Crippen molar-refractivity contribution in [3.8, 4) is 0 Å². The Kier molecular flexibility index (Phi) is 5.93. The summed E-state index contributed by atoms with van der Waals surface area (Å²) < 4.78 is 31.7. The number of hydrogen-bond donors (Lipinski definition) is 0. The average molecular weight is 455 g/mol. The molecule has 160 valence electrons. The number of carbonyl (C=O) groups excluding carboxylic acids is 1. The van der Waals surface area contributed by atoms with Crippen molar-refractivity contribution in [3.63, 3.8) is 0 Å². The SMILES string of the molecule is Cc1ccc2sc(N(Cc3ccco3)C(=O)CCS(=O)(=O)c3ccccc3)nc2c1C. The van der Waals surface area contributed by atoms with Gasteiger partial charge in [-0.25, -0.2) is 13.4 Å². The third-order valence-electron chi connectivity index (χ3n) is 5.19. The van der Waals surface area contributed by atoms with Crippen molar-refractivity contribution in [1.82, 2.24) is 4.98 Å². The number of sulfone groups is 1. The van der Waals surface area contributed by atoms with Crippen LogP contribution in [0.15, 0.2) is 70.2 Å². The molecule has 0 aliphatic heterocycles. The van der Waals surface area contributed by atoms with Gasteiger partial charge in [0.25, 0.3) is 0 Å². The van der Waals surface area contributed by atoms with Crippen molar-refractivity contribution in [2.75, 3.05) is 10.7 Å². The lowest BCUT2D eigenvalue weighted by Gasteiger charge is -2.18. The van der Waals surface area contributed by atoms with Crippen LogP contribution in [0.1, 0.15) is 23.3 Å². The van der Waals surface area contributed by atoms with E-state index in [4.69, 9.17) is 9.40 Å². The molecule has 0 aliphatic carbocycles. The molecule has 8 heteroatoms. The predicted octanol–water partition coefficient (Wildman–Crippen LogP) is 4.90. The maximum atomic E-state index is 13.2. The fraction of sp³-hybridized carbons (Fsp3) is 0.217. The number of anilines is 1. The van der Waals surface area contributed by atoms with Crippen LogP contribution in [0.3, 0.4) is 0 Å². The number of carbonyl (C=O) groups is 1. The number of thiazole rings is 1. The van der Waals surface area contributed by atoms with Crippen LogP contribution in [0.2, 0.25) is 0 Å². The van der Waals surface area contributed by atoms with Gasteiger partial charge in [0.05, 0.1) is 33.7 Å². The van der Waals surface area contributed by atoms with Gasteiger partial charge in [0.1, 0.15) is 5.76 Å². The molecule has 2 aromatic carbocycles. The Morgan fingerprint density at radius 3 is 2.55 bits per heavy atom. The van der Waals surface area contributed by atoms with Crippen LogP contribution in [0.4, 0.5) is 5.13 Å². The number of nitrogens with zero attached hydrogens (tertiary/aromatic N) is 2. The molecule has 0 unspecified atom stereocenters. The van der Waals surface area contributed by atoms with Crippen LogP contribution in [0.5, 0.6) is 0 Å². The van der Waals surface area contributed by atoms with Gasteiger partial charge in [0.2, 0.25) is 5.91 Å². The van der Waals surface area contributed by atoms with Gasteiger partial charge in [-0.15, -0.1) is 0 Å². The molecule has 0 saturated carbocycles. The number of furan rings is 1. The standard InChI is InChI=1S/C23H22N2O4S2/c1-16-10-11-20-22(17(16)2)24-23(30-20)25(15-18-7-6-13-29-18)21(26)12-14-31(27,28)19-8-4-3-5-9-19/h3-11,13H,12,14-15H2,1-2H3. The van der Waals surface area contributed by atoms with E-state index in [-0.39, 0.29) is 29.5 Å². The van der Waals surface area contributed by atoms with Gasteiger partial charge in [-0.2, -0.15) is 0 Å². The highest BCUT2D eigenvalue weighted by atomic mass is 32.2. The van der Waals surface area contributed by atoms with E-state index in [1.807, 2.05) is 26.0 Å². The molecule has 0 spiro atoms. The summed E-state index contributed by atoms with van der Waals surface area (Å²) in [7, 11) is -3.56. The van der Waals surface area contributed by atoms with E-state index in [9.17, 15) is 13.2 Å². The van der Waals surface area contributed by atoms with Crippen molar-refractivity contribution in [2.24, 2.45) is 0 Å². The molecule has 0 N–H and O–H groups in total. The molecular weight excluding hydrogens is 432 g/mol. The summed E-state index contributed by atoms with van der Waals surface area (Å²) in [4.78, 5) is 19.6. The summed E-state index contributed by atoms with van der Waals surface area (Å²) >= 11 is 1.41. The second-order valence-corrected chi connectivity index (χ2v) is 10.4. The van der Waals surface area contributed by atoms with E-state index in [1.54, 1.807) is 48.7 Å². The average Bonchev–Trinajstić information content (AvgIpc) is 3.44. The Bertz CT molecular complexity index is 1310. The van der Waals surface area contributed by atoms with Crippen LogP contribution in [-0.2, 0) is 21.2 Å². The maximum Gasteiger partial charge on any atom is 0.230 e. The number of aromatic nitrogens is 1. The highest BCUT2D eigenvalue weighted by molar-refractivity contribution is 7.91. The van der Waals surface area contributed by atoms with Crippen LogP contribution in [-0.4, -0.2) is 25.1 Å². The van der Waals surface area contributed by atoms with Crippen molar-refractivity contribution < 1.29 is 17.6 Å². The molecule has 31 heavy (non-hydrogen) atoms. The fourth-order valence-corrected chi connectivity index (χ4v) is 5.55. The number of fused-ring (bicyclic) bond motifs is 1. The van der Waals surface area contributed by atoms with Crippen LogP contribution in [0.25, 0.3) is 10.2 Å². The normalized spacial score (nSPS) is 11.7. The third-order valence-corrected chi connectivity index (χ3v) is 7.96. The Hall–Kier alpha value is -2.97. The first-order valence-electron chi connectivity index (χ1n) is 9.82. The fourth-order valence-electron chi connectivity index (χ4n) is 3.25. The summed E-state index contributed by atoms with van der Waals surface area (Å²) in [6.07, 6.45) is 1.40. The van der Waals surface area contributed by atoms with E-state index in [1.165, 1.54) is 16.2 Å². The first kappa shape index (κ1) is 21.3. The van der Waals surface area contributed by atoms with Crippen molar-refractivity contribution in [2.45, 2.75) is 31.7 Å². The zero-order valence-corrected chi connectivity index (χ0v) is 18.9. The lowest BCUT2D eigenvalue weighted by Crippen LogP contribution is -2.31. The van der Waals surface area contributed by atoms with E-state index in [0.717, 1.165) is 21.3 Å². The number of aryl methyl sites for hydroxylation is 2. The van der Waals surface area contributed by atoms with Crippen molar-refractivity contribution >= 4 is 42.4 Å². The van der Waals surface area contributed by atoms with E-state index >= 15 is 0 Å². The van der Waals surface area contributed by atoms with Gasteiger partial charge in [-0.05, 0) is 55.3 Å². The Morgan fingerprint density at radius 1 is 1.06 bits per heavy atom. The monoisotopic (exact) mass is 454 g/mol. The summed E-state index contributed by atoms with van der Waals surface area (Å²) in [5, 5.41) is 0.530. The van der Waals surface area contributed by atoms with Gasteiger partial charge in [0, 0.05) is 6.42 Å². The van der Waals surface area contributed by atoms with Gasteiger partial charge in [-0.1, -0.05) is 35.6 Å². The minimum Gasteiger partial charge on any atom is -0.467 e. The minimum atomic E-state index is -3.56. The van der Waals surface area contributed by atoms with E-state index < -0.39 is 9.84 Å². The lowest BCUT2D eigenvalue weighted by atomic mass is 10.1. The summed E-state index contributed by atoms with van der Waals surface area (Å²) in [5.41, 5.74) is 3.05. The number of rotatable bonds is 7. The number of benzene rings is 2. The van der Waals surface area contributed by atoms with Gasteiger partial charge in [0.15, 0.2) is 15.0 Å². The lowest BCUT2D eigenvalue weighted by molar-refractivity contribution is -0.118. The maximum absolute atomic E-state index is 13.2. The highest BCUT2D eigenvalue weighted by Gasteiger charge is 2.24. The van der Waals surface area contributed by atoms with Crippen molar-refractivity contribution in [1.29, 1.82) is 0 Å². The van der Waals surface area contributed by atoms with Gasteiger partial charge < -0.3 is 4.42 Å². The smallest absolute Gasteiger partial charge is 0.230 e. The second kappa shape index (κ2) is 8.64. The number of amides is 1. The summed E-state index contributed by atoms with van der Waals surface area (Å²) in [6, 6.07) is 15.7. The second-order valence-electron chi connectivity index (χ2n) is 7.29. The molecule has 4 rings (SSSR count). The quantitative estimate of drug-likeness (QED) is 0.397. The summed E-state index contributed by atoms with van der Waals surface area (Å²) in [6.45, 7) is 4.22. The first-order chi connectivity index (χ1) is 14.8. The highest BCUT2D eigenvalue weighted by Crippen LogP contribution is 2.33. The molecule has 2 heterocycles. The molecule has 4 aromatic rings. The molecule has 0 atom stereocenters. The van der Waals surface area contributed by atoms with Crippen LogP contribution < -0.4 is 4.90 Å². The zero-order valence-electron chi connectivity index (χ0n) is 17.2. The van der Waals surface area contributed by atoms with Crippen LogP contribution >= 0.6 is 11.3 Å². The van der Waals surface area contributed by atoms with E-state index in [2.05, 4.69) is 0 Å². The van der Waals surface area contributed by atoms with E-state index in [0.29, 0.717) is 10.9 Å². The molecule has 0 radical (unpaired) electrons. The Labute approximate surface area is 185 Å². The van der Waals surface area contributed by atoms with Gasteiger partial charge >= 0.3 is 0 Å². The molecule has 1 amide bonds. The topological polar surface area (TPSA) is 80.5 Å². The first-order valence-corrected chi connectivity index (χ1v) is 12.3. The Balaban J connectivity index is 1.62. The summed E-state index contributed by atoms with van der Waals surface area (Å²) in [5.74, 6) is 0.0174. The third kappa shape index (κ3) is 4.55. The molecular formula is C23H22N2O4S2. The van der Waals surface area contributed by atoms with Gasteiger partial charge in [-0.3, -0.25) is 9.69 Å². The van der Waals surface area contributed by atoms with Crippen LogP contribution in [0, 0.1) is 13.8 Å². The molecule has 0 aliphatic rings. The number of hydrogen-bond acceptors (Lipinski definition) is 6. The zero-order chi connectivity index (χ0) is 22.0.